The lowest BCUT2D eigenvalue weighted by atomic mass is 10.1. The fourth-order valence-corrected chi connectivity index (χ4v) is 1.87. The lowest BCUT2D eigenvalue weighted by Crippen LogP contribution is -2.10. The van der Waals surface area contributed by atoms with Gasteiger partial charge in [0, 0.05) is 30.4 Å². The van der Waals surface area contributed by atoms with E-state index in [9.17, 15) is 9.59 Å². The topological polar surface area (TPSA) is 84.2 Å². The summed E-state index contributed by atoms with van der Waals surface area (Å²) in [4.78, 5) is 21.9. The number of nitrogens with one attached hydrogen (secondary N) is 2. The van der Waals surface area contributed by atoms with E-state index in [1.807, 2.05) is 36.4 Å². The highest BCUT2D eigenvalue weighted by molar-refractivity contribution is 5.92. The largest absolute Gasteiger partial charge is 0.381 e. The normalized spacial score (nSPS) is 9.95. The average Bonchev–Trinajstić information content (AvgIpc) is 2.46. The average molecular weight is 283 g/mol. The van der Waals surface area contributed by atoms with E-state index in [2.05, 4.69) is 10.6 Å². The molecule has 0 unspecified atom stereocenters. The minimum absolute atomic E-state index is 0.0924. The first-order valence-corrected chi connectivity index (χ1v) is 6.55. The summed E-state index contributed by atoms with van der Waals surface area (Å²) in [5, 5.41) is 5.97. The maximum atomic E-state index is 11.0. The second-order valence-electron chi connectivity index (χ2n) is 4.67. The molecule has 0 aliphatic rings. The quantitative estimate of drug-likeness (QED) is 0.787. The summed E-state index contributed by atoms with van der Waals surface area (Å²) in [6.07, 6.45) is 0. The van der Waals surface area contributed by atoms with Crippen molar-refractivity contribution in [2.75, 3.05) is 10.6 Å². The zero-order chi connectivity index (χ0) is 15.2. The van der Waals surface area contributed by atoms with Crippen molar-refractivity contribution in [1.82, 2.24) is 0 Å². The van der Waals surface area contributed by atoms with E-state index >= 15 is 0 Å². The predicted octanol–water partition coefficient (Wildman–Crippen LogP) is 2.36. The van der Waals surface area contributed by atoms with Crippen LogP contribution in [0.3, 0.4) is 0 Å². The van der Waals surface area contributed by atoms with Crippen LogP contribution >= 0.6 is 0 Å². The van der Waals surface area contributed by atoms with Crippen LogP contribution in [-0.4, -0.2) is 11.8 Å². The summed E-state index contributed by atoms with van der Waals surface area (Å²) in [6.45, 7) is 2.11. The zero-order valence-corrected chi connectivity index (χ0v) is 11.7. The first-order valence-electron chi connectivity index (χ1n) is 6.55. The van der Waals surface area contributed by atoms with Gasteiger partial charge in [-0.05, 0) is 42.0 Å². The number of carbonyl (C=O) groups excluding carboxylic acids is 2. The molecule has 0 aliphatic heterocycles. The molecular weight excluding hydrogens is 266 g/mol. The molecule has 2 aromatic carbocycles. The summed E-state index contributed by atoms with van der Waals surface area (Å²) in [6, 6.07) is 14.6. The minimum atomic E-state index is -0.428. The summed E-state index contributed by atoms with van der Waals surface area (Å²) in [7, 11) is 0. The second-order valence-corrected chi connectivity index (χ2v) is 4.67. The van der Waals surface area contributed by atoms with Crippen molar-refractivity contribution in [3.05, 3.63) is 59.7 Å². The summed E-state index contributed by atoms with van der Waals surface area (Å²) >= 11 is 0. The Labute approximate surface area is 123 Å². The van der Waals surface area contributed by atoms with E-state index in [0.29, 0.717) is 12.1 Å². The van der Waals surface area contributed by atoms with E-state index in [0.717, 1.165) is 16.9 Å². The van der Waals surface area contributed by atoms with Gasteiger partial charge in [-0.25, -0.2) is 0 Å². The fraction of sp³-hybridized carbons (Fsp3) is 0.125. The van der Waals surface area contributed by atoms with Crippen LogP contribution in [0.25, 0.3) is 0 Å². The van der Waals surface area contributed by atoms with Gasteiger partial charge >= 0.3 is 0 Å². The molecule has 0 fully saturated rings. The molecule has 0 spiro atoms. The highest BCUT2D eigenvalue weighted by atomic mass is 16.1. The van der Waals surface area contributed by atoms with Crippen LogP contribution in [0.4, 0.5) is 11.4 Å². The van der Waals surface area contributed by atoms with Crippen molar-refractivity contribution >= 4 is 23.2 Å². The van der Waals surface area contributed by atoms with Crippen molar-refractivity contribution in [2.45, 2.75) is 13.5 Å². The van der Waals surface area contributed by atoms with Crippen molar-refractivity contribution < 1.29 is 9.59 Å². The lowest BCUT2D eigenvalue weighted by Gasteiger charge is -2.08. The number of carbonyl (C=O) groups is 2. The van der Waals surface area contributed by atoms with Gasteiger partial charge in [-0.1, -0.05) is 12.1 Å². The van der Waals surface area contributed by atoms with E-state index in [1.165, 1.54) is 6.92 Å². The molecule has 0 saturated carbocycles. The summed E-state index contributed by atoms with van der Waals surface area (Å²) in [5.74, 6) is -0.520. The van der Waals surface area contributed by atoms with Crippen molar-refractivity contribution in [2.24, 2.45) is 5.73 Å². The number of amides is 2. The van der Waals surface area contributed by atoms with Crippen LogP contribution < -0.4 is 16.4 Å². The molecule has 0 aliphatic carbocycles. The van der Waals surface area contributed by atoms with Crippen molar-refractivity contribution in [3.63, 3.8) is 0 Å². The minimum Gasteiger partial charge on any atom is -0.381 e. The Balaban J connectivity index is 1.93. The van der Waals surface area contributed by atoms with Gasteiger partial charge in [0.1, 0.15) is 0 Å². The Hall–Kier alpha value is -2.82. The van der Waals surface area contributed by atoms with Gasteiger partial charge in [0.2, 0.25) is 11.8 Å². The van der Waals surface area contributed by atoms with Gasteiger partial charge in [-0.2, -0.15) is 0 Å². The number of anilines is 2. The van der Waals surface area contributed by atoms with Crippen molar-refractivity contribution in [1.29, 1.82) is 0 Å². The molecule has 5 heteroatoms. The first kappa shape index (κ1) is 14.6. The molecule has 21 heavy (non-hydrogen) atoms. The molecular formula is C16H17N3O2. The molecule has 0 radical (unpaired) electrons. The summed E-state index contributed by atoms with van der Waals surface area (Å²) in [5.41, 5.74) is 8.45. The number of nitrogens with two attached hydrogens (primary N) is 1. The lowest BCUT2D eigenvalue weighted by molar-refractivity contribution is -0.114. The maximum Gasteiger partial charge on any atom is 0.248 e. The Kier molecular flexibility index (Phi) is 4.56. The van der Waals surface area contributed by atoms with E-state index < -0.39 is 5.91 Å². The van der Waals surface area contributed by atoms with Gasteiger partial charge in [-0.15, -0.1) is 0 Å². The smallest absolute Gasteiger partial charge is 0.248 e. The molecule has 0 heterocycles. The monoisotopic (exact) mass is 283 g/mol. The summed E-state index contributed by atoms with van der Waals surface area (Å²) < 4.78 is 0. The van der Waals surface area contributed by atoms with Crippen molar-refractivity contribution in [3.8, 4) is 0 Å². The third kappa shape index (κ3) is 4.35. The second kappa shape index (κ2) is 6.56. The molecule has 2 amide bonds. The van der Waals surface area contributed by atoms with E-state index in [-0.39, 0.29) is 5.91 Å². The number of hydrogen-bond donors (Lipinski definition) is 3. The van der Waals surface area contributed by atoms with Crippen LogP contribution in [-0.2, 0) is 11.3 Å². The molecule has 5 nitrogen and oxygen atoms in total. The Morgan fingerprint density at radius 2 is 1.52 bits per heavy atom. The van der Waals surface area contributed by atoms with Crippen LogP contribution in [0, 0.1) is 0 Å². The molecule has 2 aromatic rings. The van der Waals surface area contributed by atoms with Gasteiger partial charge in [0.25, 0.3) is 0 Å². The third-order valence-electron chi connectivity index (χ3n) is 2.94. The Bertz CT molecular complexity index is 634. The number of primary amides is 1. The molecule has 0 bridgehead atoms. The molecule has 0 atom stereocenters. The first-order chi connectivity index (χ1) is 10.0. The fourth-order valence-electron chi connectivity index (χ4n) is 1.87. The van der Waals surface area contributed by atoms with E-state index in [1.54, 1.807) is 12.1 Å². The van der Waals surface area contributed by atoms with Crippen LogP contribution in [0.2, 0.25) is 0 Å². The molecule has 4 N–H and O–H groups in total. The van der Waals surface area contributed by atoms with Gasteiger partial charge in [-0.3, -0.25) is 9.59 Å². The SMILES string of the molecule is CC(=O)Nc1ccc(NCc2ccc(C(N)=O)cc2)cc1. The van der Waals surface area contributed by atoms with Crippen LogP contribution in [0.1, 0.15) is 22.8 Å². The van der Waals surface area contributed by atoms with E-state index in [4.69, 9.17) is 5.73 Å². The molecule has 0 aromatic heterocycles. The number of hydrogen-bond acceptors (Lipinski definition) is 3. The predicted molar refractivity (Wildman–Crippen MR) is 83.0 cm³/mol. The van der Waals surface area contributed by atoms with Crippen LogP contribution in [0.5, 0.6) is 0 Å². The van der Waals surface area contributed by atoms with Gasteiger partial charge in [0.15, 0.2) is 0 Å². The highest BCUT2D eigenvalue weighted by Gasteiger charge is 2.00. The highest BCUT2D eigenvalue weighted by Crippen LogP contribution is 2.14. The maximum absolute atomic E-state index is 11.0. The van der Waals surface area contributed by atoms with Gasteiger partial charge in [0.05, 0.1) is 0 Å². The number of rotatable bonds is 5. The molecule has 2 rings (SSSR count). The molecule has 0 saturated heterocycles. The number of benzene rings is 2. The standard InChI is InChI=1S/C16H17N3O2/c1-11(20)19-15-8-6-14(7-9-15)18-10-12-2-4-13(5-3-12)16(17)21/h2-9,18H,10H2,1H3,(H2,17,21)(H,19,20). The third-order valence-corrected chi connectivity index (χ3v) is 2.94. The van der Waals surface area contributed by atoms with Crippen LogP contribution in [0.15, 0.2) is 48.5 Å². The van der Waals surface area contributed by atoms with Gasteiger partial charge < -0.3 is 16.4 Å². The Morgan fingerprint density at radius 3 is 2.05 bits per heavy atom. The Morgan fingerprint density at radius 1 is 0.952 bits per heavy atom. The molecule has 108 valence electrons. The zero-order valence-electron chi connectivity index (χ0n) is 11.7.